The number of benzene rings is 1. The topological polar surface area (TPSA) is 64.8 Å². The van der Waals surface area contributed by atoms with Crippen molar-refractivity contribution in [1.29, 1.82) is 0 Å². The molecule has 3 aliphatic heterocycles. The Labute approximate surface area is 205 Å². The molecule has 4 aliphatic rings. The number of carbonyl (C=O) groups excluding carboxylic acids is 1. The Morgan fingerprint density at radius 1 is 1.09 bits per heavy atom. The fourth-order valence-electron chi connectivity index (χ4n) is 6.64. The molecule has 2 unspecified atom stereocenters. The number of hydrogen-bond donors (Lipinski definition) is 2. The highest BCUT2D eigenvalue weighted by Crippen LogP contribution is 2.42. The number of nitrogens with one attached hydrogen (secondary N) is 1. The third-order valence-corrected chi connectivity index (χ3v) is 8.79. The van der Waals surface area contributed by atoms with Gasteiger partial charge in [-0.05, 0) is 75.2 Å². The van der Waals surface area contributed by atoms with Crippen LogP contribution in [0.15, 0.2) is 36.7 Å². The van der Waals surface area contributed by atoms with E-state index < -0.39 is 0 Å². The molecule has 1 amide bonds. The van der Waals surface area contributed by atoms with Gasteiger partial charge in [-0.3, -0.25) is 4.79 Å². The molecule has 1 aromatic rings. The second-order valence-electron chi connectivity index (χ2n) is 11.4. The Morgan fingerprint density at radius 2 is 1.79 bits per heavy atom. The summed E-state index contributed by atoms with van der Waals surface area (Å²) in [6.45, 7) is 7.17. The number of nitrogens with two attached hydrogens (primary N) is 1. The number of carbonyl (C=O) groups is 1. The van der Waals surface area contributed by atoms with Gasteiger partial charge in [-0.2, -0.15) is 0 Å². The van der Waals surface area contributed by atoms with Gasteiger partial charge in [0.05, 0.1) is 6.17 Å². The number of nitrogens with zero attached hydrogens (tertiary/aromatic N) is 3. The predicted octanol–water partition coefficient (Wildman–Crippen LogP) is 3.89. The maximum Gasteiger partial charge on any atom is 0.253 e. The van der Waals surface area contributed by atoms with Crippen LogP contribution >= 0.6 is 0 Å². The Hall–Kier alpha value is -2.05. The molecule has 34 heavy (non-hydrogen) atoms. The highest BCUT2D eigenvalue weighted by molar-refractivity contribution is 5.94. The lowest BCUT2D eigenvalue weighted by atomic mass is 9.77. The minimum atomic E-state index is 0.156. The summed E-state index contributed by atoms with van der Waals surface area (Å²) in [5, 5.41) is 3.38. The van der Waals surface area contributed by atoms with Crippen LogP contribution in [-0.2, 0) is 6.54 Å². The van der Waals surface area contributed by atoms with Gasteiger partial charge >= 0.3 is 0 Å². The monoisotopic (exact) mass is 465 g/mol. The van der Waals surface area contributed by atoms with E-state index in [1.165, 1.54) is 70.0 Å². The van der Waals surface area contributed by atoms with E-state index in [-0.39, 0.29) is 18.1 Å². The van der Waals surface area contributed by atoms with Crippen LogP contribution in [0.25, 0.3) is 0 Å². The first kappa shape index (κ1) is 23.7. The molecule has 0 aromatic heterocycles. The van der Waals surface area contributed by atoms with Crippen molar-refractivity contribution >= 4 is 5.91 Å². The smallest absolute Gasteiger partial charge is 0.253 e. The van der Waals surface area contributed by atoms with Gasteiger partial charge in [0.2, 0.25) is 0 Å². The van der Waals surface area contributed by atoms with Crippen molar-refractivity contribution in [3.63, 3.8) is 0 Å². The maximum atomic E-state index is 13.3. The van der Waals surface area contributed by atoms with E-state index in [0.717, 1.165) is 37.7 Å². The molecule has 3 fully saturated rings. The largest absolute Gasteiger partial charge is 0.370 e. The van der Waals surface area contributed by atoms with Crippen molar-refractivity contribution < 1.29 is 4.79 Å². The van der Waals surface area contributed by atoms with E-state index in [9.17, 15) is 4.79 Å². The highest BCUT2D eigenvalue weighted by atomic mass is 16.2. The second-order valence-corrected chi connectivity index (χ2v) is 11.4. The van der Waals surface area contributed by atoms with Gasteiger partial charge in [-0.1, -0.05) is 31.4 Å². The molecule has 6 heteroatoms. The summed E-state index contributed by atoms with van der Waals surface area (Å²) >= 11 is 0. The maximum absolute atomic E-state index is 13.3. The fraction of sp³-hybridized carbons (Fsp3) is 0.679. The summed E-state index contributed by atoms with van der Waals surface area (Å²) in [7, 11) is 0. The van der Waals surface area contributed by atoms with Crippen LogP contribution in [0, 0.1) is 5.41 Å². The zero-order valence-corrected chi connectivity index (χ0v) is 20.9. The number of hydrogen-bond acceptors (Lipinski definition) is 5. The van der Waals surface area contributed by atoms with Crippen LogP contribution in [0.2, 0.25) is 0 Å². The summed E-state index contributed by atoms with van der Waals surface area (Å²) in [6.07, 6.45) is 15.9. The molecule has 1 saturated carbocycles. The molecular formula is C28H43N5O. The zero-order valence-electron chi connectivity index (χ0n) is 20.9. The molecule has 3 N–H and O–H groups in total. The van der Waals surface area contributed by atoms with Crippen LogP contribution in [0.4, 0.5) is 0 Å². The molecule has 186 valence electrons. The third kappa shape index (κ3) is 5.28. The molecule has 0 radical (unpaired) electrons. The van der Waals surface area contributed by atoms with Crippen LogP contribution in [-0.4, -0.2) is 65.0 Å². The molecule has 1 aliphatic carbocycles. The molecule has 2 atom stereocenters. The lowest BCUT2D eigenvalue weighted by molar-refractivity contribution is 0.0565. The summed E-state index contributed by atoms with van der Waals surface area (Å²) in [6, 6.07) is 9.23. The standard InChI is InChI=1S/C28H43N5O/c1-22(29)19-26-30-14-18-32(26)20-23-7-9-24(10-8-23)27(34)33-17-13-28(21-33)11-15-31(16-12-28)25-5-3-2-4-6-25/h7-10,14,18,22,25-26,30H,2-6,11-13,15-17,19-21,29H2,1H3. The van der Waals surface area contributed by atoms with Crippen LogP contribution in [0.5, 0.6) is 0 Å². The first-order chi connectivity index (χ1) is 16.5. The SMILES string of the molecule is CC(N)CC1NC=CN1Cc1ccc(C(=O)N2CCC3(CCN(C4CCCCC4)CC3)C2)cc1. The highest BCUT2D eigenvalue weighted by Gasteiger charge is 2.43. The Bertz CT molecular complexity index is 852. The number of amides is 1. The van der Waals surface area contributed by atoms with Crippen LogP contribution < -0.4 is 11.1 Å². The molecule has 6 nitrogen and oxygen atoms in total. The normalized spacial score (nSPS) is 26.2. The molecule has 0 bridgehead atoms. The number of likely N-dealkylation sites (tertiary alicyclic amines) is 2. The van der Waals surface area contributed by atoms with E-state index >= 15 is 0 Å². The number of piperidine rings is 1. The first-order valence-corrected chi connectivity index (χ1v) is 13.6. The zero-order chi connectivity index (χ0) is 23.5. The summed E-state index contributed by atoms with van der Waals surface area (Å²) in [5.41, 5.74) is 8.38. The summed E-state index contributed by atoms with van der Waals surface area (Å²) in [5.74, 6) is 0.204. The van der Waals surface area contributed by atoms with E-state index in [1.54, 1.807) is 0 Å². The second kappa shape index (κ2) is 10.3. The number of rotatable bonds is 6. The minimum absolute atomic E-state index is 0.156. The van der Waals surface area contributed by atoms with Gasteiger partial charge in [0.1, 0.15) is 0 Å². The van der Waals surface area contributed by atoms with E-state index in [2.05, 4.69) is 38.3 Å². The van der Waals surface area contributed by atoms with Crippen molar-refractivity contribution in [3.8, 4) is 0 Å². The van der Waals surface area contributed by atoms with Crippen molar-refractivity contribution in [3.05, 3.63) is 47.8 Å². The van der Waals surface area contributed by atoms with Crippen molar-refractivity contribution in [1.82, 2.24) is 20.0 Å². The molecular weight excluding hydrogens is 422 g/mol. The molecule has 5 rings (SSSR count). The average Bonchev–Trinajstić information content (AvgIpc) is 3.47. The summed E-state index contributed by atoms with van der Waals surface area (Å²) in [4.78, 5) is 20.4. The van der Waals surface area contributed by atoms with Gasteiger partial charge in [0, 0.05) is 56.1 Å². The average molecular weight is 466 g/mol. The quantitative estimate of drug-likeness (QED) is 0.667. The molecule has 3 heterocycles. The third-order valence-electron chi connectivity index (χ3n) is 8.79. The predicted molar refractivity (Wildman–Crippen MR) is 137 cm³/mol. The van der Waals surface area contributed by atoms with Gasteiger partial charge in [0.25, 0.3) is 5.91 Å². The molecule has 1 aromatic carbocycles. The van der Waals surface area contributed by atoms with Gasteiger partial charge in [-0.15, -0.1) is 0 Å². The first-order valence-electron chi connectivity index (χ1n) is 13.6. The fourth-order valence-corrected chi connectivity index (χ4v) is 6.64. The van der Waals surface area contributed by atoms with Crippen LogP contribution in [0.3, 0.4) is 0 Å². The van der Waals surface area contributed by atoms with Gasteiger partial charge < -0.3 is 25.8 Å². The Kier molecular flexibility index (Phi) is 7.16. The van der Waals surface area contributed by atoms with E-state index in [0.29, 0.717) is 5.41 Å². The van der Waals surface area contributed by atoms with Crippen molar-refractivity contribution in [2.75, 3.05) is 26.2 Å². The van der Waals surface area contributed by atoms with E-state index in [4.69, 9.17) is 5.73 Å². The van der Waals surface area contributed by atoms with E-state index in [1.807, 2.05) is 25.3 Å². The van der Waals surface area contributed by atoms with Crippen LogP contribution in [0.1, 0.15) is 80.6 Å². The Morgan fingerprint density at radius 3 is 2.50 bits per heavy atom. The van der Waals surface area contributed by atoms with Crippen molar-refractivity contribution in [2.45, 2.75) is 89.5 Å². The lowest BCUT2D eigenvalue weighted by Crippen LogP contribution is -2.47. The molecule has 1 spiro atoms. The lowest BCUT2D eigenvalue weighted by Gasteiger charge is -2.43. The Balaban J connectivity index is 1.13. The summed E-state index contributed by atoms with van der Waals surface area (Å²) < 4.78 is 0. The van der Waals surface area contributed by atoms with Crippen molar-refractivity contribution in [2.24, 2.45) is 11.1 Å². The van der Waals surface area contributed by atoms with Gasteiger partial charge in [-0.25, -0.2) is 0 Å². The van der Waals surface area contributed by atoms with Gasteiger partial charge in [0.15, 0.2) is 0 Å². The minimum Gasteiger partial charge on any atom is -0.370 e. The molecule has 2 saturated heterocycles.